The molecule has 174 valence electrons. The highest BCUT2D eigenvalue weighted by Crippen LogP contribution is 2.39. The van der Waals surface area contributed by atoms with Crippen LogP contribution in [0.5, 0.6) is 0 Å². The first-order valence-electron chi connectivity index (χ1n) is 11.8. The topological polar surface area (TPSA) is 0 Å². The van der Waals surface area contributed by atoms with E-state index in [1.165, 1.54) is 33.4 Å². The molecular weight excluding hydrogens is 396 g/mol. The molecule has 0 heterocycles. The summed E-state index contributed by atoms with van der Waals surface area (Å²) in [6, 6.07) is 19.3. The van der Waals surface area contributed by atoms with Crippen LogP contribution in [-0.2, 0) is 0 Å². The van der Waals surface area contributed by atoms with Crippen LogP contribution >= 0.6 is 0 Å². The fourth-order valence-corrected chi connectivity index (χ4v) is 3.35. The third kappa shape index (κ3) is 9.74. The Kier molecular flexibility index (Phi) is 16.4. The maximum Gasteiger partial charge on any atom is -0.00303 e. The molecule has 0 radical (unpaired) electrons. The van der Waals surface area contributed by atoms with Gasteiger partial charge in [-0.05, 0) is 53.7 Å². The largest absolute Gasteiger partial charge is 0.103 e. The van der Waals surface area contributed by atoms with E-state index < -0.39 is 0 Å². The van der Waals surface area contributed by atoms with Crippen LogP contribution in [0, 0.1) is 6.92 Å². The van der Waals surface area contributed by atoms with E-state index in [1.807, 2.05) is 45.1 Å². The summed E-state index contributed by atoms with van der Waals surface area (Å²) < 4.78 is 0. The number of allylic oxidation sites excluding steroid dienone is 10. The van der Waals surface area contributed by atoms with Gasteiger partial charge in [0.05, 0.1) is 0 Å². The number of hydrogen-bond acceptors (Lipinski definition) is 0. The quantitative estimate of drug-likeness (QED) is 0.207. The average molecular weight is 439 g/mol. The summed E-state index contributed by atoms with van der Waals surface area (Å²) in [6.45, 7) is 25.5. The highest BCUT2D eigenvalue weighted by atomic mass is 14.2. The van der Waals surface area contributed by atoms with Gasteiger partial charge in [0.15, 0.2) is 0 Å². The van der Waals surface area contributed by atoms with Crippen LogP contribution in [0.3, 0.4) is 0 Å². The fraction of sp³-hybridized carbons (Fsp3) is 0.212. The Morgan fingerprint density at radius 1 is 0.758 bits per heavy atom. The molecule has 0 unspecified atom stereocenters. The normalized spacial score (nSPS) is 11.5. The lowest BCUT2D eigenvalue weighted by Gasteiger charge is -2.20. The molecule has 0 heteroatoms. The van der Waals surface area contributed by atoms with Crippen molar-refractivity contribution in [3.63, 3.8) is 0 Å². The first kappa shape index (κ1) is 29.6. The second-order valence-electron chi connectivity index (χ2n) is 7.13. The van der Waals surface area contributed by atoms with Crippen molar-refractivity contribution in [3.05, 3.63) is 145 Å². The van der Waals surface area contributed by atoms with Gasteiger partial charge in [0.1, 0.15) is 0 Å². The van der Waals surface area contributed by atoms with Crippen LogP contribution < -0.4 is 0 Å². The zero-order valence-electron chi connectivity index (χ0n) is 21.4. The standard InChI is InChI=1S/C28H30.C3H6.C2H6/c1-6-13-23(9-4)27(26-20-18-22(5)19-21-26)28(24(14-7-2)15-8-3)25-16-11-10-12-17-25;1-3-2;1-2/h6-7,9-14,16-21H,1-2,4,8,15H2,3,5H3;3H,1H2,2H3;1-2H3/b23-13+,24-14+,28-27-;;. The van der Waals surface area contributed by atoms with Gasteiger partial charge in [-0.15, -0.1) is 6.58 Å². The molecule has 0 nitrogen and oxygen atoms in total. The molecule has 0 aliphatic heterocycles. The second-order valence-corrected chi connectivity index (χ2v) is 7.13. The van der Waals surface area contributed by atoms with Crippen molar-refractivity contribution < 1.29 is 0 Å². The van der Waals surface area contributed by atoms with E-state index in [1.54, 1.807) is 6.08 Å². The Labute approximate surface area is 203 Å². The average Bonchev–Trinajstić information content (AvgIpc) is 2.84. The molecule has 0 amide bonds. The Bertz CT molecular complexity index is 945. The maximum atomic E-state index is 4.08. The third-order valence-corrected chi connectivity index (χ3v) is 4.62. The van der Waals surface area contributed by atoms with Crippen LogP contribution in [0.1, 0.15) is 57.2 Å². The van der Waals surface area contributed by atoms with E-state index in [-0.39, 0.29) is 0 Å². The van der Waals surface area contributed by atoms with Crippen LogP contribution in [0.4, 0.5) is 0 Å². The van der Waals surface area contributed by atoms with Crippen LogP contribution in [-0.4, -0.2) is 0 Å². The van der Waals surface area contributed by atoms with E-state index in [9.17, 15) is 0 Å². The number of aryl methyl sites for hydroxylation is 1. The molecule has 0 N–H and O–H groups in total. The molecule has 0 fully saturated rings. The van der Waals surface area contributed by atoms with E-state index in [2.05, 4.69) is 101 Å². The van der Waals surface area contributed by atoms with Crippen molar-refractivity contribution in [1.82, 2.24) is 0 Å². The summed E-state index contributed by atoms with van der Waals surface area (Å²) in [5.41, 5.74) is 8.33. The van der Waals surface area contributed by atoms with E-state index in [0.717, 1.165) is 18.4 Å². The van der Waals surface area contributed by atoms with Crippen molar-refractivity contribution in [2.24, 2.45) is 0 Å². The number of rotatable bonds is 9. The van der Waals surface area contributed by atoms with Gasteiger partial charge < -0.3 is 0 Å². The minimum Gasteiger partial charge on any atom is -0.103 e. The van der Waals surface area contributed by atoms with Gasteiger partial charge >= 0.3 is 0 Å². The van der Waals surface area contributed by atoms with Gasteiger partial charge in [-0.1, -0.05) is 144 Å². The Hall–Kier alpha value is -3.38. The lowest BCUT2D eigenvalue weighted by atomic mass is 9.83. The van der Waals surface area contributed by atoms with Gasteiger partial charge in [0.25, 0.3) is 0 Å². The first-order valence-corrected chi connectivity index (χ1v) is 11.8. The predicted octanol–water partition coefficient (Wildman–Crippen LogP) is 10.3. The fourth-order valence-electron chi connectivity index (χ4n) is 3.35. The molecule has 0 bridgehead atoms. The second kappa shape index (κ2) is 18.2. The third-order valence-electron chi connectivity index (χ3n) is 4.62. The summed E-state index contributed by atoms with van der Waals surface area (Å²) in [4.78, 5) is 0. The molecule has 2 aromatic carbocycles. The number of hydrogen-bond donors (Lipinski definition) is 0. The lowest BCUT2D eigenvalue weighted by molar-refractivity contribution is 0.931. The lowest BCUT2D eigenvalue weighted by Crippen LogP contribution is -1.99. The monoisotopic (exact) mass is 438 g/mol. The van der Waals surface area contributed by atoms with Crippen molar-refractivity contribution in [2.45, 2.75) is 47.5 Å². The molecule has 2 aromatic rings. The van der Waals surface area contributed by atoms with E-state index in [0.29, 0.717) is 0 Å². The SMILES string of the molecule is C=C/C=C(C=C)/C(=C(\C(=C\C=C)CCC)c1ccccc1)c1ccc(C)cc1.C=CC.CC. The Balaban J connectivity index is 0.00000189. The van der Waals surface area contributed by atoms with Crippen molar-refractivity contribution in [3.8, 4) is 0 Å². The van der Waals surface area contributed by atoms with Gasteiger partial charge in [-0.2, -0.15) is 0 Å². The molecule has 0 saturated carbocycles. The highest BCUT2D eigenvalue weighted by molar-refractivity contribution is 6.05. The van der Waals surface area contributed by atoms with E-state index >= 15 is 0 Å². The van der Waals surface area contributed by atoms with Gasteiger partial charge in [0.2, 0.25) is 0 Å². The van der Waals surface area contributed by atoms with Crippen molar-refractivity contribution >= 4 is 11.1 Å². The van der Waals surface area contributed by atoms with Crippen LogP contribution in [0.15, 0.2) is 129 Å². The summed E-state index contributed by atoms with van der Waals surface area (Å²) in [7, 11) is 0. The molecule has 0 atom stereocenters. The van der Waals surface area contributed by atoms with Crippen LogP contribution in [0.25, 0.3) is 11.1 Å². The van der Waals surface area contributed by atoms with Gasteiger partial charge in [-0.25, -0.2) is 0 Å². The molecule has 0 saturated heterocycles. The molecule has 0 spiro atoms. The zero-order valence-corrected chi connectivity index (χ0v) is 21.4. The molecule has 2 rings (SSSR count). The minimum absolute atomic E-state index is 0.976. The summed E-state index contributed by atoms with van der Waals surface area (Å²) in [5.74, 6) is 0. The molecular formula is C33H42. The molecule has 0 aliphatic carbocycles. The van der Waals surface area contributed by atoms with Crippen molar-refractivity contribution in [1.29, 1.82) is 0 Å². The van der Waals surface area contributed by atoms with E-state index in [4.69, 9.17) is 0 Å². The zero-order chi connectivity index (χ0) is 25.1. The Morgan fingerprint density at radius 3 is 1.73 bits per heavy atom. The predicted molar refractivity (Wildman–Crippen MR) is 153 cm³/mol. The first-order chi connectivity index (χ1) is 16.1. The summed E-state index contributed by atoms with van der Waals surface area (Å²) in [5, 5.41) is 0. The Morgan fingerprint density at radius 2 is 1.27 bits per heavy atom. The van der Waals surface area contributed by atoms with Gasteiger partial charge in [-0.3, -0.25) is 0 Å². The smallest absolute Gasteiger partial charge is 0.00303 e. The summed E-state index contributed by atoms with van der Waals surface area (Å²) in [6.07, 6.45) is 13.6. The molecule has 33 heavy (non-hydrogen) atoms. The molecule has 0 aromatic heterocycles. The summed E-state index contributed by atoms with van der Waals surface area (Å²) >= 11 is 0. The highest BCUT2D eigenvalue weighted by Gasteiger charge is 2.17. The number of benzene rings is 2. The maximum absolute atomic E-state index is 4.08. The molecule has 0 aliphatic rings. The van der Waals surface area contributed by atoms with Crippen LogP contribution in [0.2, 0.25) is 0 Å². The van der Waals surface area contributed by atoms with Crippen molar-refractivity contribution in [2.75, 3.05) is 0 Å². The minimum atomic E-state index is 0.976. The van der Waals surface area contributed by atoms with Gasteiger partial charge in [0, 0.05) is 0 Å².